The van der Waals surface area contributed by atoms with Gasteiger partial charge in [-0.25, -0.2) is 0 Å². The molecule has 0 aliphatic rings. The van der Waals surface area contributed by atoms with Crippen molar-refractivity contribution in [1.29, 1.82) is 0 Å². The molecule has 0 unspecified atom stereocenters. The molecule has 0 saturated heterocycles. The number of hydrogen-bond acceptors (Lipinski definition) is 3. The van der Waals surface area contributed by atoms with Crippen molar-refractivity contribution < 1.29 is 4.79 Å². The van der Waals surface area contributed by atoms with E-state index in [4.69, 9.17) is 0 Å². The predicted octanol–water partition coefficient (Wildman–Crippen LogP) is 3.48. The second-order valence-corrected chi connectivity index (χ2v) is 4.97. The van der Waals surface area contributed by atoms with Gasteiger partial charge in [0.05, 0.1) is 11.0 Å². The maximum absolute atomic E-state index is 12.5. The van der Waals surface area contributed by atoms with Gasteiger partial charge in [-0.05, 0) is 44.2 Å². The summed E-state index contributed by atoms with van der Waals surface area (Å²) in [5, 5.41) is 0. The molecule has 98 valence electrons. The van der Waals surface area contributed by atoms with Crippen LogP contribution in [-0.4, -0.2) is 15.8 Å². The van der Waals surface area contributed by atoms with Gasteiger partial charge in [0, 0.05) is 23.5 Å². The molecular formula is C17H14N2O. The average Bonchev–Trinajstić information content (AvgIpc) is 2.45. The van der Waals surface area contributed by atoms with Crippen molar-refractivity contribution in [3.05, 3.63) is 71.0 Å². The highest BCUT2D eigenvalue weighted by Gasteiger charge is 2.11. The fourth-order valence-electron chi connectivity index (χ4n) is 2.38. The number of nitrogens with zero attached hydrogens (tertiary/aromatic N) is 2. The summed E-state index contributed by atoms with van der Waals surface area (Å²) in [6.07, 6.45) is 3.28. The van der Waals surface area contributed by atoms with Crippen LogP contribution in [0, 0.1) is 13.8 Å². The minimum atomic E-state index is 0.0179. The smallest absolute Gasteiger partial charge is 0.193 e. The van der Waals surface area contributed by atoms with Gasteiger partial charge < -0.3 is 0 Å². The Balaban J connectivity index is 2.07. The number of carbonyl (C=O) groups is 1. The summed E-state index contributed by atoms with van der Waals surface area (Å²) < 4.78 is 0. The third-order valence-corrected chi connectivity index (χ3v) is 3.22. The second kappa shape index (κ2) is 4.85. The zero-order chi connectivity index (χ0) is 14.1. The summed E-state index contributed by atoms with van der Waals surface area (Å²) in [5.74, 6) is 0.0179. The lowest BCUT2D eigenvalue weighted by Crippen LogP contribution is -2.02. The lowest BCUT2D eigenvalue weighted by Gasteiger charge is -2.05. The van der Waals surface area contributed by atoms with E-state index in [1.165, 1.54) is 0 Å². The maximum atomic E-state index is 12.5. The van der Waals surface area contributed by atoms with E-state index < -0.39 is 0 Å². The number of fused-ring (bicyclic) bond motifs is 1. The molecule has 0 radical (unpaired) electrons. The van der Waals surface area contributed by atoms with E-state index in [2.05, 4.69) is 16.0 Å². The van der Waals surface area contributed by atoms with E-state index in [0.717, 1.165) is 22.2 Å². The highest BCUT2D eigenvalue weighted by Crippen LogP contribution is 2.17. The molecule has 3 heteroatoms. The number of benzene rings is 2. The molecule has 0 N–H and O–H groups in total. The summed E-state index contributed by atoms with van der Waals surface area (Å²) in [6, 6.07) is 11.3. The molecular weight excluding hydrogens is 248 g/mol. The summed E-state index contributed by atoms with van der Waals surface area (Å²) in [7, 11) is 0. The molecule has 0 atom stereocenters. The van der Waals surface area contributed by atoms with Crippen molar-refractivity contribution in [1.82, 2.24) is 9.97 Å². The Bertz CT molecular complexity index is 789. The van der Waals surface area contributed by atoms with E-state index in [0.29, 0.717) is 11.1 Å². The van der Waals surface area contributed by atoms with Crippen molar-refractivity contribution >= 4 is 16.8 Å². The molecule has 0 saturated carbocycles. The van der Waals surface area contributed by atoms with Gasteiger partial charge in [-0.1, -0.05) is 17.2 Å². The molecule has 0 fully saturated rings. The topological polar surface area (TPSA) is 42.9 Å². The molecule has 2 aromatic carbocycles. The zero-order valence-electron chi connectivity index (χ0n) is 11.4. The normalized spacial score (nSPS) is 10.7. The van der Waals surface area contributed by atoms with Gasteiger partial charge in [-0.2, -0.15) is 0 Å². The first kappa shape index (κ1) is 12.5. The standard InChI is InChI=1S/C17H14N2O/c1-11-7-12(2)9-14(8-11)17(20)13-3-4-15-16(10-13)19-6-5-18-15/h3-10H,1-2H3. The van der Waals surface area contributed by atoms with Crippen molar-refractivity contribution in [2.45, 2.75) is 13.8 Å². The Morgan fingerprint density at radius 3 is 2.15 bits per heavy atom. The molecule has 3 rings (SSSR count). The Morgan fingerprint density at radius 1 is 0.800 bits per heavy atom. The van der Waals surface area contributed by atoms with Crippen LogP contribution in [0.5, 0.6) is 0 Å². The fraction of sp³-hybridized carbons (Fsp3) is 0.118. The first-order chi connectivity index (χ1) is 9.63. The van der Waals surface area contributed by atoms with Crippen LogP contribution < -0.4 is 0 Å². The lowest BCUT2D eigenvalue weighted by molar-refractivity contribution is 0.103. The van der Waals surface area contributed by atoms with Gasteiger partial charge >= 0.3 is 0 Å². The summed E-state index contributed by atoms with van der Waals surface area (Å²) >= 11 is 0. The Kier molecular flexibility index (Phi) is 3.03. The van der Waals surface area contributed by atoms with Crippen LogP contribution in [0.25, 0.3) is 11.0 Å². The SMILES string of the molecule is Cc1cc(C)cc(C(=O)c2ccc3nccnc3c2)c1. The van der Waals surface area contributed by atoms with Crippen molar-refractivity contribution in [2.24, 2.45) is 0 Å². The first-order valence-electron chi connectivity index (χ1n) is 6.47. The van der Waals surface area contributed by atoms with Crippen LogP contribution in [-0.2, 0) is 0 Å². The quantitative estimate of drug-likeness (QED) is 0.664. The number of rotatable bonds is 2. The van der Waals surface area contributed by atoms with Crippen molar-refractivity contribution in [2.75, 3.05) is 0 Å². The molecule has 1 heterocycles. The minimum Gasteiger partial charge on any atom is -0.289 e. The third kappa shape index (κ3) is 2.30. The number of aryl methyl sites for hydroxylation is 2. The van der Waals surface area contributed by atoms with E-state index in [-0.39, 0.29) is 5.78 Å². The van der Waals surface area contributed by atoms with Gasteiger partial charge in [0.15, 0.2) is 5.78 Å². The van der Waals surface area contributed by atoms with E-state index in [1.807, 2.05) is 32.0 Å². The number of hydrogen-bond donors (Lipinski definition) is 0. The number of ketones is 1. The van der Waals surface area contributed by atoms with Gasteiger partial charge in [-0.15, -0.1) is 0 Å². The van der Waals surface area contributed by atoms with E-state index >= 15 is 0 Å². The van der Waals surface area contributed by atoms with Crippen LogP contribution in [0.1, 0.15) is 27.0 Å². The highest BCUT2D eigenvalue weighted by atomic mass is 16.1. The van der Waals surface area contributed by atoms with Crippen LogP contribution in [0.4, 0.5) is 0 Å². The second-order valence-electron chi connectivity index (χ2n) is 4.97. The molecule has 3 nitrogen and oxygen atoms in total. The molecule has 3 aromatic rings. The van der Waals surface area contributed by atoms with E-state index in [9.17, 15) is 4.79 Å². The van der Waals surface area contributed by atoms with Gasteiger partial charge in [0.25, 0.3) is 0 Å². The average molecular weight is 262 g/mol. The summed E-state index contributed by atoms with van der Waals surface area (Å²) in [4.78, 5) is 21.0. The lowest BCUT2D eigenvalue weighted by atomic mass is 9.99. The number of aromatic nitrogens is 2. The predicted molar refractivity (Wildman–Crippen MR) is 78.9 cm³/mol. The Labute approximate surface area is 117 Å². The molecule has 0 bridgehead atoms. The highest BCUT2D eigenvalue weighted by molar-refractivity contribution is 6.10. The minimum absolute atomic E-state index is 0.0179. The molecule has 1 aromatic heterocycles. The molecule has 0 spiro atoms. The van der Waals surface area contributed by atoms with Gasteiger partial charge in [-0.3, -0.25) is 14.8 Å². The van der Waals surface area contributed by atoms with Gasteiger partial charge in [0.2, 0.25) is 0 Å². The Hall–Kier alpha value is -2.55. The summed E-state index contributed by atoms with van der Waals surface area (Å²) in [6.45, 7) is 3.99. The molecule has 20 heavy (non-hydrogen) atoms. The maximum Gasteiger partial charge on any atom is 0.193 e. The van der Waals surface area contributed by atoms with Crippen molar-refractivity contribution in [3.63, 3.8) is 0 Å². The number of carbonyl (C=O) groups excluding carboxylic acids is 1. The van der Waals surface area contributed by atoms with Crippen LogP contribution >= 0.6 is 0 Å². The fourth-order valence-corrected chi connectivity index (χ4v) is 2.38. The van der Waals surface area contributed by atoms with Crippen LogP contribution in [0.15, 0.2) is 48.8 Å². The van der Waals surface area contributed by atoms with Crippen molar-refractivity contribution in [3.8, 4) is 0 Å². The molecule has 0 aliphatic carbocycles. The van der Waals surface area contributed by atoms with Crippen LogP contribution in [0.2, 0.25) is 0 Å². The molecule has 0 amide bonds. The monoisotopic (exact) mass is 262 g/mol. The third-order valence-electron chi connectivity index (χ3n) is 3.22. The zero-order valence-corrected chi connectivity index (χ0v) is 11.4. The van der Waals surface area contributed by atoms with Gasteiger partial charge in [0.1, 0.15) is 0 Å². The first-order valence-corrected chi connectivity index (χ1v) is 6.47. The molecule has 0 aliphatic heterocycles. The largest absolute Gasteiger partial charge is 0.289 e. The summed E-state index contributed by atoms with van der Waals surface area (Å²) in [5.41, 5.74) is 5.07. The van der Waals surface area contributed by atoms with E-state index in [1.54, 1.807) is 24.5 Å². The van der Waals surface area contributed by atoms with Crippen LogP contribution in [0.3, 0.4) is 0 Å². The Morgan fingerprint density at radius 2 is 1.45 bits per heavy atom.